The fourth-order valence-corrected chi connectivity index (χ4v) is 2.30. The van der Waals surface area contributed by atoms with Crippen molar-refractivity contribution in [3.8, 4) is 5.75 Å². The average Bonchev–Trinajstić information content (AvgIpc) is 2.30. The third-order valence-electron chi connectivity index (χ3n) is 2.22. The summed E-state index contributed by atoms with van der Waals surface area (Å²) in [5.41, 5.74) is -0.0518. The summed E-state index contributed by atoms with van der Waals surface area (Å²) < 4.78 is 38.2. The molecule has 0 saturated carbocycles. The second-order valence-electron chi connectivity index (χ2n) is 5.81. The highest BCUT2D eigenvalue weighted by atomic mass is 28.4. The summed E-state index contributed by atoms with van der Waals surface area (Å²) >= 11 is 0. The fraction of sp³-hybridized carbons (Fsp3) is 0.400. The summed E-state index contributed by atoms with van der Waals surface area (Å²) in [4.78, 5) is 3.96. The summed E-state index contributed by atoms with van der Waals surface area (Å²) in [7, 11) is -1.84. The maximum absolute atomic E-state index is 13.9. The van der Waals surface area contributed by atoms with Crippen molar-refractivity contribution in [2.75, 3.05) is 0 Å². The van der Waals surface area contributed by atoms with Crippen molar-refractivity contribution in [1.82, 2.24) is 0 Å². The number of hydrogen-bond acceptors (Lipinski definition) is 3. The van der Waals surface area contributed by atoms with Crippen LogP contribution in [0.4, 0.5) is 8.78 Å². The van der Waals surface area contributed by atoms with E-state index in [-0.39, 0.29) is 23.3 Å². The highest BCUT2D eigenvalue weighted by molar-refractivity contribution is 6.70. The Bertz CT molecular complexity index is 551. The standard InChI is InChI=1S/C15H21F2NO2Si/c1-10(2)19-14-8-7-13(16)15(17)12(14)9-18-11(3)20-21(4,5)6/h7-10H,3H2,1-2,4-6H3/b18-9+. The topological polar surface area (TPSA) is 30.8 Å². The van der Waals surface area contributed by atoms with Crippen LogP contribution in [0.15, 0.2) is 29.6 Å². The van der Waals surface area contributed by atoms with Crippen LogP contribution in [0.1, 0.15) is 19.4 Å². The molecule has 0 spiro atoms. The van der Waals surface area contributed by atoms with E-state index < -0.39 is 20.0 Å². The van der Waals surface area contributed by atoms with E-state index in [4.69, 9.17) is 9.16 Å². The lowest BCUT2D eigenvalue weighted by molar-refractivity contribution is 0.240. The highest BCUT2D eigenvalue weighted by Gasteiger charge is 2.17. The zero-order valence-corrected chi connectivity index (χ0v) is 14.0. The summed E-state index contributed by atoms with van der Waals surface area (Å²) in [6.07, 6.45) is 1.02. The maximum Gasteiger partial charge on any atom is 0.244 e. The maximum atomic E-state index is 13.9. The third-order valence-corrected chi connectivity index (χ3v) is 3.06. The van der Waals surface area contributed by atoms with E-state index in [1.807, 2.05) is 19.6 Å². The Morgan fingerprint density at radius 2 is 1.90 bits per heavy atom. The minimum Gasteiger partial charge on any atom is -0.532 e. The molecule has 0 saturated heterocycles. The van der Waals surface area contributed by atoms with E-state index >= 15 is 0 Å². The summed E-state index contributed by atoms with van der Waals surface area (Å²) in [6.45, 7) is 13.2. The van der Waals surface area contributed by atoms with Gasteiger partial charge in [0.2, 0.25) is 8.32 Å². The Kier molecular flexibility index (Phi) is 5.66. The molecule has 1 aromatic carbocycles. The molecule has 3 nitrogen and oxygen atoms in total. The van der Waals surface area contributed by atoms with Crippen LogP contribution in [0.25, 0.3) is 0 Å². The van der Waals surface area contributed by atoms with Gasteiger partial charge in [-0.05, 0) is 52.2 Å². The Morgan fingerprint density at radius 1 is 1.29 bits per heavy atom. The zero-order chi connectivity index (χ0) is 16.2. The Morgan fingerprint density at radius 3 is 2.43 bits per heavy atom. The zero-order valence-electron chi connectivity index (χ0n) is 13.0. The third kappa shape index (κ3) is 5.67. The molecule has 21 heavy (non-hydrogen) atoms. The van der Waals surface area contributed by atoms with E-state index in [1.165, 1.54) is 12.3 Å². The molecule has 0 N–H and O–H groups in total. The van der Waals surface area contributed by atoms with E-state index in [9.17, 15) is 8.78 Å². The van der Waals surface area contributed by atoms with Gasteiger partial charge in [0.1, 0.15) is 5.75 Å². The molecule has 0 amide bonds. The average molecular weight is 313 g/mol. The first-order chi connectivity index (χ1) is 9.60. The molecule has 0 aliphatic carbocycles. The fourth-order valence-electron chi connectivity index (χ4n) is 1.54. The lowest BCUT2D eigenvalue weighted by Crippen LogP contribution is -2.24. The lowest BCUT2D eigenvalue weighted by Gasteiger charge is -2.18. The molecular weight excluding hydrogens is 292 g/mol. The van der Waals surface area contributed by atoms with Gasteiger partial charge in [0.05, 0.1) is 11.7 Å². The molecule has 6 heteroatoms. The van der Waals surface area contributed by atoms with Crippen molar-refractivity contribution in [2.45, 2.75) is 39.6 Å². The van der Waals surface area contributed by atoms with Crippen molar-refractivity contribution < 1.29 is 17.9 Å². The van der Waals surface area contributed by atoms with Crippen molar-refractivity contribution in [3.63, 3.8) is 0 Å². The minimum absolute atomic E-state index is 0.0518. The summed E-state index contributed by atoms with van der Waals surface area (Å²) in [6, 6.07) is 2.40. The van der Waals surface area contributed by atoms with Gasteiger partial charge >= 0.3 is 0 Å². The van der Waals surface area contributed by atoms with Gasteiger partial charge in [0.15, 0.2) is 17.5 Å². The number of benzene rings is 1. The first-order valence-electron chi connectivity index (χ1n) is 6.67. The molecule has 0 bridgehead atoms. The van der Waals surface area contributed by atoms with Gasteiger partial charge in [-0.3, -0.25) is 0 Å². The van der Waals surface area contributed by atoms with Gasteiger partial charge in [-0.15, -0.1) is 0 Å². The quantitative estimate of drug-likeness (QED) is 0.440. The van der Waals surface area contributed by atoms with Crippen LogP contribution in [0.2, 0.25) is 19.6 Å². The first kappa shape index (κ1) is 17.4. The Labute approximate surface area is 125 Å². The van der Waals surface area contributed by atoms with Crippen molar-refractivity contribution in [3.05, 3.63) is 41.8 Å². The number of rotatable bonds is 6. The van der Waals surface area contributed by atoms with Gasteiger partial charge in [0.25, 0.3) is 0 Å². The smallest absolute Gasteiger partial charge is 0.244 e. The molecule has 0 heterocycles. The van der Waals surface area contributed by atoms with E-state index in [0.717, 1.165) is 6.07 Å². The van der Waals surface area contributed by atoms with Crippen molar-refractivity contribution in [2.24, 2.45) is 4.99 Å². The summed E-state index contributed by atoms with van der Waals surface area (Å²) in [5.74, 6) is -1.55. The van der Waals surface area contributed by atoms with Crippen LogP contribution >= 0.6 is 0 Å². The van der Waals surface area contributed by atoms with Crippen molar-refractivity contribution in [1.29, 1.82) is 0 Å². The molecule has 0 aliphatic heterocycles. The molecule has 116 valence electrons. The van der Waals surface area contributed by atoms with Gasteiger partial charge in [0, 0.05) is 6.21 Å². The second kappa shape index (κ2) is 6.84. The van der Waals surface area contributed by atoms with Crippen LogP contribution < -0.4 is 4.74 Å². The van der Waals surface area contributed by atoms with E-state index in [2.05, 4.69) is 11.6 Å². The predicted molar refractivity (Wildman–Crippen MR) is 83.3 cm³/mol. The number of hydrogen-bond donors (Lipinski definition) is 0. The van der Waals surface area contributed by atoms with Gasteiger partial charge in [-0.2, -0.15) is 0 Å². The molecular formula is C15H21F2NO2Si. The SMILES string of the molecule is C=C(/N=C/c1c(OC(C)C)ccc(F)c1F)O[Si](C)(C)C. The van der Waals surface area contributed by atoms with Crippen LogP contribution in [-0.4, -0.2) is 20.6 Å². The Hall–Kier alpha value is -1.69. The molecule has 1 rings (SSSR count). The first-order valence-corrected chi connectivity index (χ1v) is 10.1. The number of ether oxygens (including phenoxy) is 1. The van der Waals surface area contributed by atoms with Crippen LogP contribution in [-0.2, 0) is 4.43 Å². The number of aliphatic imine (C=N–C) groups is 1. The second-order valence-corrected chi connectivity index (χ2v) is 10.2. The molecule has 0 fully saturated rings. The minimum atomic E-state index is -1.84. The van der Waals surface area contributed by atoms with E-state index in [0.29, 0.717) is 0 Å². The number of nitrogens with zero attached hydrogens (tertiary/aromatic N) is 1. The predicted octanol–water partition coefficient (Wildman–Crippen LogP) is 4.49. The van der Waals surface area contributed by atoms with Gasteiger partial charge in [-0.25, -0.2) is 13.8 Å². The molecule has 0 aromatic heterocycles. The van der Waals surface area contributed by atoms with Crippen LogP contribution in [0, 0.1) is 11.6 Å². The molecule has 0 aliphatic rings. The summed E-state index contributed by atoms with van der Waals surface area (Å²) in [5, 5.41) is 0. The van der Waals surface area contributed by atoms with E-state index in [1.54, 1.807) is 13.8 Å². The largest absolute Gasteiger partial charge is 0.532 e. The normalized spacial score (nSPS) is 12.0. The van der Waals surface area contributed by atoms with Crippen LogP contribution in [0.5, 0.6) is 5.75 Å². The van der Waals surface area contributed by atoms with Gasteiger partial charge < -0.3 is 9.16 Å². The van der Waals surface area contributed by atoms with Crippen molar-refractivity contribution >= 4 is 14.5 Å². The number of halogens is 2. The molecule has 0 atom stereocenters. The molecule has 0 radical (unpaired) electrons. The van der Waals surface area contributed by atoms with Gasteiger partial charge in [-0.1, -0.05) is 0 Å². The lowest BCUT2D eigenvalue weighted by atomic mass is 10.2. The highest BCUT2D eigenvalue weighted by Crippen LogP contribution is 2.24. The monoisotopic (exact) mass is 313 g/mol. The Balaban J connectivity index is 3.05. The molecule has 1 aromatic rings. The van der Waals surface area contributed by atoms with Crippen LogP contribution in [0.3, 0.4) is 0 Å². The molecule has 0 unspecified atom stereocenters.